The molecule has 4 rings (SSSR count). The van der Waals surface area contributed by atoms with Crippen molar-refractivity contribution in [3.8, 4) is 11.5 Å². The van der Waals surface area contributed by atoms with Crippen LogP contribution in [-0.4, -0.2) is 26.4 Å². The summed E-state index contributed by atoms with van der Waals surface area (Å²) in [5, 5.41) is -0.0572. The van der Waals surface area contributed by atoms with Crippen LogP contribution in [0, 0.1) is 6.92 Å². The van der Waals surface area contributed by atoms with Crippen molar-refractivity contribution in [3.05, 3.63) is 83.0 Å². The minimum atomic E-state index is -5.43. The lowest BCUT2D eigenvalue weighted by molar-refractivity contribution is -0.145. The van der Waals surface area contributed by atoms with Crippen LogP contribution in [0.2, 0.25) is 0 Å². The Bertz CT molecular complexity index is 1740. The van der Waals surface area contributed by atoms with Crippen molar-refractivity contribution in [3.63, 3.8) is 0 Å². The first-order valence-electron chi connectivity index (χ1n) is 10.7. The minimum absolute atomic E-state index is 0.0572. The zero-order chi connectivity index (χ0) is 29.0. The zero-order valence-electron chi connectivity index (χ0n) is 19.6. The Hall–Kier alpha value is -3.56. The van der Waals surface area contributed by atoms with E-state index in [4.69, 9.17) is 9.29 Å². The maximum atomic E-state index is 13.8. The van der Waals surface area contributed by atoms with Gasteiger partial charge in [-0.15, -0.1) is 0 Å². The number of sulfone groups is 1. The molecule has 0 saturated heterocycles. The minimum Gasteiger partial charge on any atom is -0.456 e. The van der Waals surface area contributed by atoms with Crippen molar-refractivity contribution in [1.82, 2.24) is 4.98 Å². The molecule has 0 saturated carbocycles. The summed E-state index contributed by atoms with van der Waals surface area (Å²) in [5.41, 5.74) is -3.87. The summed E-state index contributed by atoms with van der Waals surface area (Å²) in [6, 6.07) is 9.28. The molecule has 0 bridgehead atoms. The Balaban J connectivity index is 1.88. The van der Waals surface area contributed by atoms with Gasteiger partial charge >= 0.3 is 12.4 Å². The standard InChI is InChI=1S/C24H17F6NO6S2/c1-13-2-5-16(6-3-13)39(35,36)21-11-31-20-7-4-15(10-17(20)21)37-22-18(23(25,26)27)8-14(12-38(32,33)34)9-19(22)24(28,29)30/h2-11,31H,12H2,1H3,(H,32,33,34). The van der Waals surface area contributed by atoms with Gasteiger partial charge in [0.2, 0.25) is 9.84 Å². The molecule has 0 unspecified atom stereocenters. The Labute approximate surface area is 217 Å². The SMILES string of the molecule is Cc1ccc(S(=O)(=O)c2c[nH]c3ccc(Oc4c(C(F)(F)F)cc(CS(=O)(=O)O)cc4C(F)(F)F)cc23)cc1. The molecule has 0 fully saturated rings. The van der Waals surface area contributed by atoms with Crippen LogP contribution in [0.1, 0.15) is 22.3 Å². The molecule has 1 aromatic heterocycles. The zero-order valence-corrected chi connectivity index (χ0v) is 21.2. The first kappa shape index (κ1) is 28.4. The molecule has 2 N–H and O–H groups in total. The van der Waals surface area contributed by atoms with Crippen LogP contribution in [0.4, 0.5) is 26.3 Å². The molecule has 0 spiro atoms. The molecule has 3 aromatic carbocycles. The summed E-state index contributed by atoms with van der Waals surface area (Å²) in [6.07, 6.45) is -9.72. The van der Waals surface area contributed by atoms with Crippen molar-refractivity contribution in [2.45, 2.75) is 34.8 Å². The lowest BCUT2D eigenvalue weighted by Gasteiger charge is -2.20. The molecule has 7 nitrogen and oxygen atoms in total. The number of ether oxygens (including phenoxy) is 1. The fourth-order valence-corrected chi connectivity index (χ4v) is 5.84. The Morgan fingerprint density at radius 1 is 0.846 bits per heavy atom. The number of aromatic amines is 1. The molecule has 39 heavy (non-hydrogen) atoms. The van der Waals surface area contributed by atoms with Crippen LogP contribution in [0.15, 0.2) is 70.6 Å². The maximum Gasteiger partial charge on any atom is 0.420 e. The number of alkyl halides is 6. The third-order valence-corrected chi connectivity index (χ3v) is 8.07. The molecule has 0 radical (unpaired) electrons. The molecule has 0 amide bonds. The maximum absolute atomic E-state index is 13.8. The van der Waals surface area contributed by atoms with Gasteiger partial charge in [0.05, 0.1) is 20.9 Å². The summed E-state index contributed by atoms with van der Waals surface area (Å²) >= 11 is 0. The Morgan fingerprint density at radius 3 is 1.92 bits per heavy atom. The van der Waals surface area contributed by atoms with Gasteiger partial charge in [0, 0.05) is 17.1 Å². The number of nitrogens with one attached hydrogen (secondary N) is 1. The van der Waals surface area contributed by atoms with E-state index in [-0.39, 0.29) is 32.8 Å². The van der Waals surface area contributed by atoms with E-state index in [1.54, 1.807) is 19.1 Å². The van der Waals surface area contributed by atoms with Gasteiger partial charge in [-0.25, -0.2) is 8.42 Å². The number of aromatic nitrogens is 1. The highest BCUT2D eigenvalue weighted by atomic mass is 32.2. The largest absolute Gasteiger partial charge is 0.456 e. The molecular weight excluding hydrogens is 576 g/mol. The molecular formula is C24H17F6NO6S2. The second kappa shape index (κ2) is 9.57. The van der Waals surface area contributed by atoms with E-state index < -0.39 is 66.3 Å². The van der Waals surface area contributed by atoms with Gasteiger partial charge in [0.25, 0.3) is 10.1 Å². The lowest BCUT2D eigenvalue weighted by atomic mass is 10.0. The van der Waals surface area contributed by atoms with Crippen molar-refractivity contribution in [1.29, 1.82) is 0 Å². The number of hydrogen-bond acceptors (Lipinski definition) is 5. The summed E-state index contributed by atoms with van der Waals surface area (Å²) in [6.45, 7) is 1.74. The van der Waals surface area contributed by atoms with Crippen molar-refractivity contribution < 1.29 is 52.5 Å². The van der Waals surface area contributed by atoms with Crippen molar-refractivity contribution in [2.75, 3.05) is 0 Å². The monoisotopic (exact) mass is 593 g/mol. The smallest absolute Gasteiger partial charge is 0.420 e. The fraction of sp³-hybridized carbons (Fsp3) is 0.167. The highest BCUT2D eigenvalue weighted by Crippen LogP contribution is 2.47. The van der Waals surface area contributed by atoms with Crippen molar-refractivity contribution >= 4 is 30.9 Å². The van der Waals surface area contributed by atoms with Gasteiger partial charge in [0.1, 0.15) is 11.5 Å². The molecule has 15 heteroatoms. The summed E-state index contributed by atoms with van der Waals surface area (Å²) in [5.74, 6) is -3.73. The molecule has 0 aliphatic rings. The normalized spacial score (nSPS) is 13.1. The first-order chi connectivity index (χ1) is 17.9. The highest BCUT2D eigenvalue weighted by Gasteiger charge is 2.43. The molecule has 1 heterocycles. The topological polar surface area (TPSA) is 114 Å². The van der Waals surface area contributed by atoms with E-state index in [2.05, 4.69) is 4.98 Å². The van der Waals surface area contributed by atoms with Gasteiger partial charge in [-0.05, 0) is 55.0 Å². The number of benzene rings is 3. The second-order valence-electron chi connectivity index (χ2n) is 8.52. The average molecular weight is 594 g/mol. The van der Waals surface area contributed by atoms with E-state index in [1.165, 1.54) is 18.2 Å². The van der Waals surface area contributed by atoms with E-state index >= 15 is 0 Å². The third-order valence-electron chi connectivity index (χ3n) is 5.56. The highest BCUT2D eigenvalue weighted by molar-refractivity contribution is 7.91. The molecule has 0 aliphatic carbocycles. The molecule has 4 aromatic rings. The first-order valence-corrected chi connectivity index (χ1v) is 13.8. The van der Waals surface area contributed by atoms with Crippen LogP contribution in [0.5, 0.6) is 11.5 Å². The van der Waals surface area contributed by atoms with E-state index in [0.717, 1.165) is 23.9 Å². The van der Waals surface area contributed by atoms with Crippen LogP contribution in [0.3, 0.4) is 0 Å². The predicted molar refractivity (Wildman–Crippen MR) is 127 cm³/mol. The molecule has 0 atom stereocenters. The number of fused-ring (bicyclic) bond motifs is 1. The summed E-state index contributed by atoms with van der Waals surface area (Å²) in [4.78, 5) is 2.31. The number of hydrogen-bond donors (Lipinski definition) is 2. The molecule has 208 valence electrons. The van der Waals surface area contributed by atoms with Crippen LogP contribution >= 0.6 is 0 Å². The van der Waals surface area contributed by atoms with Gasteiger partial charge < -0.3 is 9.72 Å². The summed E-state index contributed by atoms with van der Waals surface area (Å²) < 4.78 is 146. The van der Waals surface area contributed by atoms with Gasteiger partial charge in [-0.2, -0.15) is 34.8 Å². The third kappa shape index (κ3) is 6.04. The van der Waals surface area contributed by atoms with E-state index in [0.29, 0.717) is 0 Å². The fourth-order valence-electron chi connectivity index (χ4n) is 3.84. The number of halogens is 6. The van der Waals surface area contributed by atoms with E-state index in [9.17, 15) is 43.2 Å². The quantitative estimate of drug-likeness (QED) is 0.194. The number of H-pyrrole nitrogens is 1. The number of aryl methyl sites for hydroxylation is 1. The Morgan fingerprint density at radius 2 is 1.41 bits per heavy atom. The summed E-state index contributed by atoms with van der Waals surface area (Å²) in [7, 11) is -9.11. The lowest BCUT2D eigenvalue weighted by Crippen LogP contribution is -2.16. The second-order valence-corrected chi connectivity index (χ2v) is 11.9. The van der Waals surface area contributed by atoms with Crippen LogP contribution in [0.25, 0.3) is 10.9 Å². The van der Waals surface area contributed by atoms with Crippen LogP contribution < -0.4 is 4.74 Å². The predicted octanol–water partition coefficient (Wildman–Crippen LogP) is 6.53. The Kier molecular flexibility index (Phi) is 6.98. The van der Waals surface area contributed by atoms with Gasteiger partial charge in [-0.3, -0.25) is 4.55 Å². The number of rotatable bonds is 6. The van der Waals surface area contributed by atoms with Gasteiger partial charge in [0.15, 0.2) is 5.75 Å². The molecule has 0 aliphatic heterocycles. The van der Waals surface area contributed by atoms with Crippen molar-refractivity contribution in [2.24, 2.45) is 0 Å². The van der Waals surface area contributed by atoms with E-state index in [1.807, 2.05) is 0 Å². The van der Waals surface area contributed by atoms with Crippen LogP contribution in [-0.2, 0) is 38.1 Å². The van der Waals surface area contributed by atoms with Gasteiger partial charge in [-0.1, -0.05) is 17.7 Å². The average Bonchev–Trinajstić information content (AvgIpc) is 3.22.